The van der Waals surface area contributed by atoms with E-state index in [-0.39, 0.29) is 25.5 Å². The summed E-state index contributed by atoms with van der Waals surface area (Å²) < 4.78 is 4.98. The third-order valence-corrected chi connectivity index (χ3v) is 3.19. The van der Waals surface area contributed by atoms with Crippen molar-refractivity contribution < 1.29 is 24.5 Å². The molecule has 0 spiro atoms. The number of amides is 1. The van der Waals surface area contributed by atoms with Gasteiger partial charge in [0.2, 0.25) is 0 Å². The number of nitrogens with one attached hydrogen (secondary N) is 2. The highest BCUT2D eigenvalue weighted by Crippen LogP contribution is 2.04. The van der Waals surface area contributed by atoms with E-state index in [0.29, 0.717) is 12.8 Å². The standard InChI is InChI=1S/C15H21N5O6/c16-14(19-20(24)25)17-9-5-4-8-12(13(21)22)18-15(23)26-10-11-6-2-1-3-7-11/h1-3,6-7,12H,4-5,8-10H2,(H,18,23)(H,21,22)(H3,16,17,19)/t12-/m0/s1. The van der Waals surface area contributed by atoms with Crippen LogP contribution in [0.2, 0.25) is 0 Å². The van der Waals surface area contributed by atoms with E-state index in [1.165, 1.54) is 0 Å². The number of hydrazine groups is 1. The Morgan fingerprint density at radius 1 is 1.31 bits per heavy atom. The van der Waals surface area contributed by atoms with Gasteiger partial charge in [0.05, 0.1) is 0 Å². The number of nitro groups is 1. The van der Waals surface area contributed by atoms with E-state index in [4.69, 9.17) is 15.6 Å². The number of ether oxygens (including phenoxy) is 1. The number of carbonyl (C=O) groups is 2. The molecular formula is C15H21N5O6. The van der Waals surface area contributed by atoms with Gasteiger partial charge >= 0.3 is 12.1 Å². The zero-order valence-electron chi connectivity index (χ0n) is 14.0. The first-order valence-corrected chi connectivity index (χ1v) is 7.79. The van der Waals surface area contributed by atoms with Crippen LogP contribution in [0, 0.1) is 10.1 Å². The number of benzene rings is 1. The number of nitrogens with zero attached hydrogens (tertiary/aromatic N) is 2. The van der Waals surface area contributed by atoms with Crippen LogP contribution < -0.4 is 16.5 Å². The quantitative estimate of drug-likeness (QED) is 0.153. The van der Waals surface area contributed by atoms with Crippen molar-refractivity contribution in [2.45, 2.75) is 31.9 Å². The van der Waals surface area contributed by atoms with Crippen molar-refractivity contribution in [1.82, 2.24) is 10.7 Å². The molecule has 142 valence electrons. The fourth-order valence-electron chi connectivity index (χ4n) is 1.95. The molecule has 0 heterocycles. The predicted octanol–water partition coefficient (Wildman–Crippen LogP) is 0.632. The molecular weight excluding hydrogens is 346 g/mol. The molecule has 11 heteroatoms. The highest BCUT2D eigenvalue weighted by Gasteiger charge is 2.20. The monoisotopic (exact) mass is 367 g/mol. The predicted molar refractivity (Wildman–Crippen MR) is 91.7 cm³/mol. The Balaban J connectivity index is 2.31. The average molecular weight is 367 g/mol. The van der Waals surface area contributed by atoms with Crippen molar-refractivity contribution in [3.05, 3.63) is 46.0 Å². The third-order valence-electron chi connectivity index (χ3n) is 3.19. The second-order valence-corrected chi connectivity index (χ2v) is 5.23. The molecule has 0 aliphatic rings. The number of hydrogen-bond donors (Lipinski definition) is 4. The lowest BCUT2D eigenvalue weighted by molar-refractivity contribution is -0.525. The molecule has 0 unspecified atom stereocenters. The van der Waals surface area contributed by atoms with Gasteiger partial charge in [-0.2, -0.15) is 0 Å². The lowest BCUT2D eigenvalue weighted by atomic mass is 10.1. The van der Waals surface area contributed by atoms with Gasteiger partial charge in [0.15, 0.2) is 5.03 Å². The molecule has 0 aliphatic carbocycles. The molecule has 0 aromatic heterocycles. The van der Waals surface area contributed by atoms with Crippen LogP contribution in [0.4, 0.5) is 4.79 Å². The van der Waals surface area contributed by atoms with Gasteiger partial charge in [-0.3, -0.25) is 0 Å². The fourth-order valence-corrected chi connectivity index (χ4v) is 1.95. The molecule has 0 radical (unpaired) electrons. The van der Waals surface area contributed by atoms with Crippen molar-refractivity contribution in [2.75, 3.05) is 6.54 Å². The van der Waals surface area contributed by atoms with Crippen molar-refractivity contribution in [3.8, 4) is 0 Å². The summed E-state index contributed by atoms with van der Waals surface area (Å²) in [5.74, 6) is -1.51. The van der Waals surface area contributed by atoms with E-state index in [9.17, 15) is 19.7 Å². The number of alkyl carbamates (subject to hydrolysis) is 1. The Hall–Kier alpha value is -3.37. The van der Waals surface area contributed by atoms with Gasteiger partial charge in [-0.15, -0.1) is 0 Å². The maximum Gasteiger partial charge on any atom is 0.408 e. The minimum atomic E-state index is -1.18. The number of guanidine groups is 1. The number of unbranched alkanes of at least 4 members (excludes halogenated alkanes) is 1. The van der Waals surface area contributed by atoms with Crippen LogP contribution in [0.25, 0.3) is 0 Å². The van der Waals surface area contributed by atoms with E-state index in [1.807, 2.05) is 6.07 Å². The summed E-state index contributed by atoms with van der Waals surface area (Å²) in [4.78, 5) is 36.7. The summed E-state index contributed by atoms with van der Waals surface area (Å²) >= 11 is 0. The van der Waals surface area contributed by atoms with Crippen LogP contribution in [-0.2, 0) is 16.1 Å². The summed E-state index contributed by atoms with van der Waals surface area (Å²) in [6.07, 6.45) is 0.211. The number of carbonyl (C=O) groups excluding carboxylic acids is 1. The van der Waals surface area contributed by atoms with E-state index in [2.05, 4.69) is 10.3 Å². The fraction of sp³-hybridized carbons (Fsp3) is 0.400. The number of aliphatic carboxylic acids is 1. The first-order valence-electron chi connectivity index (χ1n) is 7.79. The Morgan fingerprint density at radius 2 is 2.00 bits per heavy atom. The third kappa shape index (κ3) is 9.05. The second-order valence-electron chi connectivity index (χ2n) is 5.23. The molecule has 1 rings (SSSR count). The molecule has 1 aromatic rings. The zero-order chi connectivity index (χ0) is 19.4. The molecule has 5 N–H and O–H groups in total. The molecule has 0 saturated heterocycles. The van der Waals surface area contributed by atoms with Crippen LogP contribution in [0.5, 0.6) is 0 Å². The Kier molecular flexibility index (Phi) is 8.93. The minimum absolute atomic E-state index is 0.0381. The maximum atomic E-state index is 11.7. The average Bonchev–Trinajstić information content (AvgIpc) is 2.58. The van der Waals surface area contributed by atoms with Crippen molar-refractivity contribution in [2.24, 2.45) is 10.7 Å². The lowest BCUT2D eigenvalue weighted by Crippen LogP contribution is -2.41. The Labute approximate surface area is 149 Å². The first kappa shape index (κ1) is 20.7. The van der Waals surface area contributed by atoms with Gasteiger partial charge in [0.25, 0.3) is 5.96 Å². The van der Waals surface area contributed by atoms with Crippen molar-refractivity contribution in [1.29, 1.82) is 0 Å². The van der Waals surface area contributed by atoms with E-state index >= 15 is 0 Å². The number of rotatable bonds is 10. The van der Waals surface area contributed by atoms with Gasteiger partial charge in [0.1, 0.15) is 12.6 Å². The number of nitrogens with two attached hydrogens (primary N) is 1. The van der Waals surface area contributed by atoms with Crippen LogP contribution >= 0.6 is 0 Å². The van der Waals surface area contributed by atoms with Gasteiger partial charge in [-0.25, -0.2) is 24.7 Å². The number of carboxylic acids is 1. The van der Waals surface area contributed by atoms with Gasteiger partial charge < -0.3 is 20.9 Å². The maximum absolute atomic E-state index is 11.7. The van der Waals surface area contributed by atoms with Gasteiger partial charge in [-0.1, -0.05) is 35.8 Å². The minimum Gasteiger partial charge on any atom is -0.480 e. The number of aliphatic imine (C=N–C) groups is 1. The summed E-state index contributed by atoms with van der Waals surface area (Å²) in [6.45, 7) is 0.230. The highest BCUT2D eigenvalue weighted by atomic mass is 16.7. The summed E-state index contributed by atoms with van der Waals surface area (Å²) in [7, 11) is 0. The van der Waals surface area contributed by atoms with Gasteiger partial charge in [0, 0.05) is 6.54 Å². The van der Waals surface area contributed by atoms with Crippen LogP contribution in [-0.4, -0.2) is 40.7 Å². The van der Waals surface area contributed by atoms with Crippen LogP contribution in [0.1, 0.15) is 24.8 Å². The Morgan fingerprint density at radius 3 is 2.62 bits per heavy atom. The molecule has 11 nitrogen and oxygen atoms in total. The first-order chi connectivity index (χ1) is 12.4. The van der Waals surface area contributed by atoms with E-state index < -0.39 is 23.1 Å². The van der Waals surface area contributed by atoms with E-state index in [0.717, 1.165) is 5.56 Å². The molecule has 1 atom stereocenters. The highest BCUT2D eigenvalue weighted by molar-refractivity contribution is 5.79. The normalized spacial score (nSPS) is 12.1. The summed E-state index contributed by atoms with van der Waals surface area (Å²) in [5, 5.41) is 20.7. The van der Waals surface area contributed by atoms with Gasteiger partial charge in [-0.05, 0) is 24.8 Å². The van der Waals surface area contributed by atoms with Crippen molar-refractivity contribution >= 4 is 18.0 Å². The Bertz CT molecular complexity index is 637. The van der Waals surface area contributed by atoms with Crippen molar-refractivity contribution in [3.63, 3.8) is 0 Å². The van der Waals surface area contributed by atoms with E-state index in [1.54, 1.807) is 29.7 Å². The second kappa shape index (κ2) is 11.2. The molecule has 1 aromatic carbocycles. The number of carboxylic acid groups (broad SMARTS) is 1. The van der Waals surface area contributed by atoms with Crippen LogP contribution in [0.3, 0.4) is 0 Å². The largest absolute Gasteiger partial charge is 0.480 e. The lowest BCUT2D eigenvalue weighted by Gasteiger charge is -2.14. The molecule has 0 bridgehead atoms. The molecule has 0 saturated carbocycles. The summed E-state index contributed by atoms with van der Waals surface area (Å²) in [6, 6.07) is 7.88. The van der Waals surface area contributed by atoms with Crippen LogP contribution in [0.15, 0.2) is 35.3 Å². The molecule has 1 amide bonds. The zero-order valence-corrected chi connectivity index (χ0v) is 14.0. The smallest absolute Gasteiger partial charge is 0.408 e. The molecule has 26 heavy (non-hydrogen) atoms. The molecule has 0 aliphatic heterocycles. The number of hydrogen-bond acceptors (Lipinski definition) is 6. The topological polar surface area (TPSA) is 169 Å². The molecule has 0 fully saturated rings. The summed E-state index contributed by atoms with van der Waals surface area (Å²) in [5.41, 5.74) is 7.72. The SMILES string of the molecule is NC(=NCCCC[C@H](NC(=O)OCc1ccccc1)C(=O)O)N[N+](=O)[O-].